The van der Waals surface area contributed by atoms with Crippen LogP contribution in [-0.4, -0.2) is 42.2 Å². The van der Waals surface area contributed by atoms with Crippen molar-refractivity contribution in [3.63, 3.8) is 0 Å². The normalized spacial score (nSPS) is 25.0. The van der Waals surface area contributed by atoms with Crippen molar-refractivity contribution in [2.24, 2.45) is 11.8 Å². The molecule has 4 nitrogen and oxygen atoms in total. The zero-order chi connectivity index (χ0) is 16.9. The molecule has 1 amide bonds. The molecule has 0 radical (unpaired) electrons. The fourth-order valence-electron chi connectivity index (χ4n) is 4.07. The predicted molar refractivity (Wildman–Crippen MR) is 94.0 cm³/mol. The molecule has 1 aliphatic carbocycles. The van der Waals surface area contributed by atoms with E-state index in [2.05, 4.69) is 12.1 Å². The van der Waals surface area contributed by atoms with E-state index in [1.54, 1.807) is 7.11 Å². The number of hydrogen-bond donors (Lipinski definition) is 1. The van der Waals surface area contributed by atoms with Gasteiger partial charge in [0, 0.05) is 13.1 Å². The number of aryl methyl sites for hydroxylation is 1. The zero-order valence-electron chi connectivity index (χ0n) is 14.6. The Balaban J connectivity index is 1.42. The molecule has 2 aliphatic rings. The average molecular weight is 331 g/mol. The molecule has 0 spiro atoms. The molecule has 1 saturated carbocycles. The molecule has 1 aromatic carbocycles. The minimum Gasteiger partial charge on any atom is -0.497 e. The molecule has 24 heavy (non-hydrogen) atoms. The van der Waals surface area contributed by atoms with E-state index in [0.717, 1.165) is 57.4 Å². The van der Waals surface area contributed by atoms with Crippen molar-refractivity contribution in [3.8, 4) is 5.75 Å². The van der Waals surface area contributed by atoms with Gasteiger partial charge in [-0.1, -0.05) is 12.1 Å². The third-order valence-corrected chi connectivity index (χ3v) is 5.72. The molecule has 3 rings (SSSR count). The summed E-state index contributed by atoms with van der Waals surface area (Å²) in [7, 11) is 1.69. The van der Waals surface area contributed by atoms with Crippen LogP contribution in [0.1, 0.15) is 44.1 Å². The van der Waals surface area contributed by atoms with Crippen LogP contribution in [-0.2, 0) is 11.2 Å². The Bertz CT molecular complexity index is 534. The number of carbonyl (C=O) groups is 1. The number of benzene rings is 1. The molecular weight excluding hydrogens is 302 g/mol. The second kappa shape index (κ2) is 8.02. The summed E-state index contributed by atoms with van der Waals surface area (Å²) in [4.78, 5) is 14.5. The molecule has 1 saturated heterocycles. The summed E-state index contributed by atoms with van der Waals surface area (Å²) in [6.07, 6.45) is 6.66. The predicted octanol–water partition coefficient (Wildman–Crippen LogP) is 3.03. The van der Waals surface area contributed by atoms with Crippen LogP contribution >= 0.6 is 0 Å². The standard InChI is InChI=1S/C20H29NO3/c1-24-17-9-7-15(8-10-17)5-6-16-11-13-21(14-12-16)20(23)18-3-2-4-19(18)22/h7-10,16,18-19,22H,2-6,11-14H2,1H3. The Morgan fingerprint density at radius 3 is 2.46 bits per heavy atom. The van der Waals surface area contributed by atoms with Crippen molar-refractivity contribution in [3.05, 3.63) is 29.8 Å². The number of nitrogens with zero attached hydrogens (tertiary/aromatic N) is 1. The molecule has 2 atom stereocenters. The third-order valence-electron chi connectivity index (χ3n) is 5.72. The molecule has 1 heterocycles. The Labute approximate surface area is 144 Å². The van der Waals surface area contributed by atoms with E-state index in [1.165, 1.54) is 12.0 Å². The number of rotatable bonds is 5. The SMILES string of the molecule is COc1ccc(CCC2CCN(C(=O)C3CCCC3O)CC2)cc1. The maximum Gasteiger partial charge on any atom is 0.228 e. The number of methoxy groups -OCH3 is 1. The molecule has 4 heteroatoms. The van der Waals surface area contributed by atoms with Gasteiger partial charge in [-0.15, -0.1) is 0 Å². The third kappa shape index (κ3) is 4.10. The Kier molecular flexibility index (Phi) is 5.77. The minimum absolute atomic E-state index is 0.138. The van der Waals surface area contributed by atoms with Gasteiger partial charge in [0.2, 0.25) is 5.91 Å². The van der Waals surface area contributed by atoms with Crippen LogP contribution in [0.4, 0.5) is 0 Å². The van der Waals surface area contributed by atoms with E-state index in [0.29, 0.717) is 5.92 Å². The topological polar surface area (TPSA) is 49.8 Å². The average Bonchev–Trinajstić information content (AvgIpc) is 3.06. The van der Waals surface area contributed by atoms with Crippen molar-refractivity contribution >= 4 is 5.91 Å². The minimum atomic E-state index is -0.412. The van der Waals surface area contributed by atoms with Crippen LogP contribution in [0.5, 0.6) is 5.75 Å². The summed E-state index contributed by atoms with van der Waals surface area (Å²) in [6, 6.07) is 8.31. The summed E-state index contributed by atoms with van der Waals surface area (Å²) in [5, 5.41) is 9.93. The van der Waals surface area contributed by atoms with Crippen LogP contribution in [0.25, 0.3) is 0 Å². The number of carbonyl (C=O) groups excluding carboxylic acids is 1. The van der Waals surface area contributed by atoms with Gasteiger partial charge in [-0.3, -0.25) is 4.79 Å². The number of aliphatic hydroxyl groups excluding tert-OH is 1. The molecule has 0 aromatic heterocycles. The molecule has 0 bridgehead atoms. The zero-order valence-corrected chi connectivity index (χ0v) is 14.6. The van der Waals surface area contributed by atoms with Crippen molar-refractivity contribution in [1.82, 2.24) is 4.90 Å². The summed E-state index contributed by atoms with van der Waals surface area (Å²) >= 11 is 0. The van der Waals surface area contributed by atoms with Crippen LogP contribution in [0.15, 0.2) is 24.3 Å². The lowest BCUT2D eigenvalue weighted by Crippen LogP contribution is -2.43. The van der Waals surface area contributed by atoms with Gasteiger partial charge >= 0.3 is 0 Å². The number of ether oxygens (including phenoxy) is 1. The first-order valence-corrected chi connectivity index (χ1v) is 9.27. The lowest BCUT2D eigenvalue weighted by molar-refractivity contribution is -0.139. The van der Waals surface area contributed by atoms with Gasteiger partial charge in [-0.2, -0.15) is 0 Å². The second-order valence-electron chi connectivity index (χ2n) is 7.26. The highest BCUT2D eigenvalue weighted by molar-refractivity contribution is 5.79. The monoisotopic (exact) mass is 331 g/mol. The van der Waals surface area contributed by atoms with Crippen LogP contribution in [0.3, 0.4) is 0 Å². The quantitative estimate of drug-likeness (QED) is 0.902. The molecule has 1 aromatic rings. The van der Waals surface area contributed by atoms with Gasteiger partial charge in [0.1, 0.15) is 5.75 Å². The first-order chi connectivity index (χ1) is 11.7. The number of piperidine rings is 1. The smallest absolute Gasteiger partial charge is 0.228 e. The summed E-state index contributed by atoms with van der Waals surface area (Å²) in [5.74, 6) is 1.65. The van der Waals surface area contributed by atoms with Crippen molar-refractivity contribution in [2.45, 2.75) is 51.0 Å². The molecule has 1 N–H and O–H groups in total. The molecule has 2 unspecified atom stereocenters. The molecule has 2 fully saturated rings. The lowest BCUT2D eigenvalue weighted by Gasteiger charge is -2.34. The van der Waals surface area contributed by atoms with Gasteiger partial charge in [0.25, 0.3) is 0 Å². The van der Waals surface area contributed by atoms with E-state index in [4.69, 9.17) is 4.74 Å². The maximum absolute atomic E-state index is 12.5. The number of amides is 1. The van der Waals surface area contributed by atoms with Gasteiger partial charge in [0.15, 0.2) is 0 Å². The lowest BCUT2D eigenvalue weighted by atomic mass is 9.89. The van der Waals surface area contributed by atoms with E-state index < -0.39 is 6.10 Å². The highest BCUT2D eigenvalue weighted by Gasteiger charge is 2.35. The van der Waals surface area contributed by atoms with Crippen molar-refractivity contribution in [1.29, 1.82) is 0 Å². The van der Waals surface area contributed by atoms with Crippen LogP contribution in [0, 0.1) is 11.8 Å². The number of likely N-dealkylation sites (tertiary alicyclic amines) is 1. The van der Waals surface area contributed by atoms with Crippen LogP contribution in [0.2, 0.25) is 0 Å². The molecule has 132 valence electrons. The second-order valence-corrected chi connectivity index (χ2v) is 7.26. The first kappa shape index (κ1) is 17.3. The van der Waals surface area contributed by atoms with Crippen molar-refractivity contribution < 1.29 is 14.6 Å². The summed E-state index contributed by atoms with van der Waals surface area (Å²) in [6.45, 7) is 1.71. The van der Waals surface area contributed by atoms with E-state index in [1.807, 2.05) is 17.0 Å². The maximum atomic E-state index is 12.5. The van der Waals surface area contributed by atoms with Crippen LogP contribution < -0.4 is 4.74 Å². The van der Waals surface area contributed by atoms with Gasteiger partial charge in [-0.25, -0.2) is 0 Å². The van der Waals surface area contributed by atoms with Gasteiger partial charge in [0.05, 0.1) is 19.1 Å². The highest BCUT2D eigenvalue weighted by Crippen LogP contribution is 2.30. The van der Waals surface area contributed by atoms with E-state index in [9.17, 15) is 9.90 Å². The highest BCUT2D eigenvalue weighted by atomic mass is 16.5. The van der Waals surface area contributed by atoms with Gasteiger partial charge in [-0.05, 0) is 68.6 Å². The van der Waals surface area contributed by atoms with Gasteiger partial charge < -0.3 is 14.7 Å². The number of aliphatic hydroxyl groups is 1. The Hall–Kier alpha value is -1.55. The fourth-order valence-corrected chi connectivity index (χ4v) is 4.07. The molecular formula is C20H29NO3. The fraction of sp³-hybridized carbons (Fsp3) is 0.650. The van der Waals surface area contributed by atoms with E-state index >= 15 is 0 Å². The number of hydrogen-bond acceptors (Lipinski definition) is 3. The summed E-state index contributed by atoms with van der Waals surface area (Å²) < 4.78 is 5.19. The Morgan fingerprint density at radius 1 is 1.17 bits per heavy atom. The largest absolute Gasteiger partial charge is 0.497 e. The summed E-state index contributed by atoms with van der Waals surface area (Å²) in [5.41, 5.74) is 1.35. The first-order valence-electron chi connectivity index (χ1n) is 9.27. The molecule has 1 aliphatic heterocycles. The van der Waals surface area contributed by atoms with E-state index in [-0.39, 0.29) is 11.8 Å². The Morgan fingerprint density at radius 2 is 1.88 bits per heavy atom. The van der Waals surface area contributed by atoms with Crippen molar-refractivity contribution in [2.75, 3.05) is 20.2 Å².